The molecule has 0 fully saturated rings. The Balaban J connectivity index is 1.36. The number of carbonyl (C=O) groups is 3. The van der Waals surface area contributed by atoms with Crippen molar-refractivity contribution in [3.63, 3.8) is 0 Å². The fourth-order valence-electron chi connectivity index (χ4n) is 3.35. The molecule has 2 aromatic carbocycles. The van der Waals surface area contributed by atoms with E-state index in [-0.39, 0.29) is 5.56 Å². The minimum atomic E-state index is -0.692. The molecular weight excluding hydrogens is 398 g/mol. The molecule has 0 atom stereocenters. The summed E-state index contributed by atoms with van der Waals surface area (Å²) in [5.74, 6) is -1.82. The molecule has 4 aromatic rings. The van der Waals surface area contributed by atoms with Crippen molar-refractivity contribution in [1.82, 2.24) is 25.7 Å². The van der Waals surface area contributed by atoms with Crippen LogP contribution in [0.4, 0.5) is 0 Å². The Labute approximate surface area is 176 Å². The lowest BCUT2D eigenvalue weighted by molar-refractivity contribution is -0.120. The van der Waals surface area contributed by atoms with Gasteiger partial charge in [-0.1, -0.05) is 30.3 Å². The number of H-pyrrole nitrogens is 1. The Hall–Kier alpha value is -4.40. The average molecular weight is 417 g/mol. The van der Waals surface area contributed by atoms with Gasteiger partial charge in [0.25, 0.3) is 17.7 Å². The molecule has 2 aromatic heterocycles. The molecule has 0 unspecified atom stereocenters. The number of aromatic amines is 1. The number of benzene rings is 2. The number of amides is 3. The molecule has 4 rings (SSSR count). The van der Waals surface area contributed by atoms with Crippen molar-refractivity contribution in [2.24, 2.45) is 7.05 Å². The first-order valence-corrected chi connectivity index (χ1v) is 9.47. The third-order valence-corrected chi connectivity index (χ3v) is 4.90. The highest BCUT2D eigenvalue weighted by Crippen LogP contribution is 2.19. The van der Waals surface area contributed by atoms with Crippen LogP contribution in [0.1, 0.15) is 20.7 Å². The summed E-state index contributed by atoms with van der Waals surface area (Å²) in [4.78, 5) is 52.1. The van der Waals surface area contributed by atoms with Crippen molar-refractivity contribution in [2.45, 2.75) is 0 Å². The van der Waals surface area contributed by atoms with Crippen molar-refractivity contribution in [3.05, 3.63) is 82.3 Å². The highest BCUT2D eigenvalue weighted by atomic mass is 16.2. The smallest absolute Gasteiger partial charge is 0.271 e. The Morgan fingerprint density at radius 1 is 0.903 bits per heavy atom. The first-order valence-electron chi connectivity index (χ1n) is 9.47. The molecule has 156 valence electrons. The molecular formula is C22H19N5O4. The predicted molar refractivity (Wildman–Crippen MR) is 115 cm³/mol. The zero-order chi connectivity index (χ0) is 22.0. The summed E-state index contributed by atoms with van der Waals surface area (Å²) >= 11 is 0. The Morgan fingerprint density at radius 2 is 1.61 bits per heavy atom. The van der Waals surface area contributed by atoms with Crippen LogP contribution in [0.3, 0.4) is 0 Å². The minimum absolute atomic E-state index is 0.105. The number of carbonyl (C=O) groups excluding carboxylic acids is 3. The number of fused-ring (bicyclic) bond motifs is 2. The molecule has 0 radical (unpaired) electrons. The van der Waals surface area contributed by atoms with Gasteiger partial charge < -0.3 is 14.9 Å². The summed E-state index contributed by atoms with van der Waals surface area (Å²) in [7, 11) is 1.82. The van der Waals surface area contributed by atoms with Crippen LogP contribution in [0.2, 0.25) is 0 Å². The van der Waals surface area contributed by atoms with E-state index in [4.69, 9.17) is 0 Å². The number of pyridine rings is 1. The number of nitrogens with zero attached hydrogens (tertiary/aromatic N) is 1. The van der Waals surface area contributed by atoms with Gasteiger partial charge in [0.05, 0.1) is 12.1 Å². The van der Waals surface area contributed by atoms with Gasteiger partial charge in [-0.2, -0.15) is 0 Å². The van der Waals surface area contributed by atoms with Crippen LogP contribution in [0.25, 0.3) is 21.8 Å². The van der Waals surface area contributed by atoms with E-state index in [1.807, 2.05) is 35.9 Å². The molecule has 9 heteroatoms. The summed E-state index contributed by atoms with van der Waals surface area (Å²) in [5.41, 5.74) is 5.95. The highest BCUT2D eigenvalue weighted by molar-refractivity contribution is 6.07. The maximum atomic E-state index is 12.5. The van der Waals surface area contributed by atoms with E-state index in [9.17, 15) is 19.2 Å². The molecule has 0 aliphatic rings. The maximum Gasteiger partial charge on any atom is 0.271 e. The predicted octanol–water partition coefficient (Wildman–Crippen LogP) is 1.21. The number of hydrogen-bond donors (Lipinski definition) is 4. The number of hydrogen-bond acceptors (Lipinski definition) is 4. The maximum absolute atomic E-state index is 12.5. The molecule has 0 saturated carbocycles. The molecule has 0 aliphatic heterocycles. The number of hydrazine groups is 1. The second kappa shape index (κ2) is 8.15. The molecule has 0 aliphatic carbocycles. The number of para-hydroxylation sites is 2. The van der Waals surface area contributed by atoms with Crippen molar-refractivity contribution < 1.29 is 14.4 Å². The Kier molecular flexibility index (Phi) is 5.23. The van der Waals surface area contributed by atoms with Crippen molar-refractivity contribution in [3.8, 4) is 0 Å². The van der Waals surface area contributed by atoms with Crippen LogP contribution in [-0.2, 0) is 11.8 Å². The molecule has 0 bridgehead atoms. The van der Waals surface area contributed by atoms with Gasteiger partial charge in [0.2, 0.25) is 5.43 Å². The van der Waals surface area contributed by atoms with Crippen LogP contribution >= 0.6 is 0 Å². The highest BCUT2D eigenvalue weighted by Gasteiger charge is 2.16. The van der Waals surface area contributed by atoms with Gasteiger partial charge in [-0.05, 0) is 18.2 Å². The fourth-order valence-corrected chi connectivity index (χ4v) is 3.35. The van der Waals surface area contributed by atoms with Crippen LogP contribution in [0.5, 0.6) is 0 Å². The van der Waals surface area contributed by atoms with Crippen LogP contribution < -0.4 is 21.6 Å². The van der Waals surface area contributed by atoms with E-state index in [1.165, 1.54) is 6.20 Å². The SMILES string of the molecule is Cn1cc(C(=O)NNC(=O)CNC(=O)c2c[nH]c3ccccc3c2=O)c2ccccc21. The first-order chi connectivity index (χ1) is 15.0. The summed E-state index contributed by atoms with van der Waals surface area (Å²) in [6, 6.07) is 14.2. The van der Waals surface area contributed by atoms with Gasteiger partial charge in [-0.15, -0.1) is 0 Å². The summed E-state index contributed by atoms with van der Waals surface area (Å²) < 4.78 is 1.81. The van der Waals surface area contributed by atoms with Gasteiger partial charge in [0, 0.05) is 41.2 Å². The number of aromatic nitrogens is 2. The van der Waals surface area contributed by atoms with Gasteiger partial charge in [0.15, 0.2) is 0 Å². The minimum Gasteiger partial charge on any atom is -0.360 e. The van der Waals surface area contributed by atoms with E-state index in [0.717, 1.165) is 10.9 Å². The summed E-state index contributed by atoms with van der Waals surface area (Å²) in [6.45, 7) is -0.416. The van der Waals surface area contributed by atoms with Crippen molar-refractivity contribution >= 4 is 39.5 Å². The lowest BCUT2D eigenvalue weighted by atomic mass is 10.1. The first kappa shape index (κ1) is 19.9. The third-order valence-electron chi connectivity index (χ3n) is 4.90. The fraction of sp³-hybridized carbons (Fsp3) is 0.0909. The van der Waals surface area contributed by atoms with Crippen molar-refractivity contribution in [1.29, 1.82) is 0 Å². The molecule has 4 N–H and O–H groups in total. The summed E-state index contributed by atoms with van der Waals surface area (Å²) in [5, 5.41) is 3.50. The van der Waals surface area contributed by atoms with Crippen LogP contribution in [-0.4, -0.2) is 33.8 Å². The monoisotopic (exact) mass is 417 g/mol. The molecule has 9 nitrogen and oxygen atoms in total. The Morgan fingerprint density at radius 3 is 2.42 bits per heavy atom. The number of rotatable bonds is 4. The lowest BCUT2D eigenvalue weighted by Crippen LogP contribution is -2.46. The number of nitrogens with one attached hydrogen (secondary N) is 4. The Bertz CT molecular complexity index is 1390. The normalized spacial score (nSPS) is 10.7. The van der Waals surface area contributed by atoms with Crippen molar-refractivity contribution in [2.75, 3.05) is 6.54 Å². The van der Waals surface area contributed by atoms with E-state index in [0.29, 0.717) is 16.5 Å². The van der Waals surface area contributed by atoms with Gasteiger partial charge >= 0.3 is 0 Å². The van der Waals surface area contributed by atoms with E-state index in [1.54, 1.807) is 30.5 Å². The standard InChI is InChI=1S/C22H19N5O4/c1-27-12-16(13-6-3-5-9-18(13)27)22(31)26-25-19(28)11-24-21(30)15-10-23-17-8-4-2-7-14(17)20(15)29/h2-10,12H,11H2,1H3,(H,23,29)(H,24,30)(H,25,28)(H,26,31). The van der Waals surface area contributed by atoms with Gasteiger partial charge in [-0.25, -0.2) is 0 Å². The van der Waals surface area contributed by atoms with Gasteiger partial charge in [0.1, 0.15) is 5.56 Å². The quantitative estimate of drug-likeness (QED) is 0.373. The average Bonchev–Trinajstić information content (AvgIpc) is 3.13. The van der Waals surface area contributed by atoms with Gasteiger partial charge in [-0.3, -0.25) is 30.0 Å². The molecule has 3 amide bonds. The third kappa shape index (κ3) is 3.88. The molecule has 0 spiro atoms. The molecule has 0 saturated heterocycles. The number of aryl methyl sites for hydroxylation is 1. The molecule has 2 heterocycles. The second-order valence-corrected chi connectivity index (χ2v) is 6.93. The summed E-state index contributed by atoms with van der Waals surface area (Å²) in [6.07, 6.45) is 2.97. The molecule has 31 heavy (non-hydrogen) atoms. The zero-order valence-electron chi connectivity index (χ0n) is 16.6. The second-order valence-electron chi connectivity index (χ2n) is 6.93. The zero-order valence-corrected chi connectivity index (χ0v) is 16.6. The van der Waals surface area contributed by atoms with E-state index >= 15 is 0 Å². The van der Waals surface area contributed by atoms with Crippen LogP contribution in [0, 0.1) is 0 Å². The van der Waals surface area contributed by atoms with Crippen LogP contribution in [0.15, 0.2) is 65.7 Å². The topological polar surface area (TPSA) is 125 Å². The van der Waals surface area contributed by atoms with E-state index in [2.05, 4.69) is 21.2 Å². The largest absolute Gasteiger partial charge is 0.360 e. The lowest BCUT2D eigenvalue weighted by Gasteiger charge is -2.08. The van der Waals surface area contributed by atoms with E-state index < -0.39 is 29.7 Å².